The predicted molar refractivity (Wildman–Crippen MR) is 137 cm³/mol. The van der Waals surface area contributed by atoms with E-state index < -0.39 is 0 Å². The number of fused-ring (bicyclic) bond motifs is 5. The van der Waals surface area contributed by atoms with E-state index in [0.29, 0.717) is 6.54 Å². The summed E-state index contributed by atoms with van der Waals surface area (Å²) in [5, 5.41) is 6.64. The molecule has 4 nitrogen and oxygen atoms in total. The summed E-state index contributed by atoms with van der Waals surface area (Å²) in [6.07, 6.45) is 6.94. The Kier molecular flexibility index (Phi) is 5.15. The minimum Gasteiger partial charge on any atom is -0.310 e. The number of carbonyl (C=O) groups excluding carboxylic acids is 1. The highest BCUT2D eigenvalue weighted by atomic mass is 32.1. The van der Waals surface area contributed by atoms with Gasteiger partial charge in [0.25, 0.3) is 0 Å². The molecule has 0 spiro atoms. The first kappa shape index (κ1) is 20.8. The zero-order valence-electron chi connectivity index (χ0n) is 18.9. The van der Waals surface area contributed by atoms with Gasteiger partial charge in [-0.05, 0) is 80.3 Å². The monoisotopic (exact) mass is 473 g/mol. The molecule has 1 atom stereocenters. The maximum Gasteiger partial charge on any atom is 0.323 e. The van der Waals surface area contributed by atoms with Crippen LogP contribution in [-0.2, 0) is 19.4 Å². The molecule has 168 valence electrons. The van der Waals surface area contributed by atoms with Gasteiger partial charge in [0.1, 0.15) is 11.0 Å². The number of amides is 2. The van der Waals surface area contributed by atoms with Gasteiger partial charge < -0.3 is 14.8 Å². The number of anilines is 1. The van der Waals surface area contributed by atoms with Crippen molar-refractivity contribution < 1.29 is 4.79 Å². The molecule has 0 unspecified atom stereocenters. The molecule has 3 aromatic heterocycles. The van der Waals surface area contributed by atoms with Crippen LogP contribution in [0.2, 0.25) is 0 Å². The Balaban J connectivity index is 1.48. The molecule has 1 aliphatic heterocycles. The Morgan fingerprint density at radius 2 is 1.94 bits per heavy atom. The zero-order valence-corrected chi connectivity index (χ0v) is 20.6. The lowest BCUT2D eigenvalue weighted by Gasteiger charge is -2.30. The Labute approximate surface area is 202 Å². The van der Waals surface area contributed by atoms with E-state index in [1.165, 1.54) is 44.3 Å². The number of thiophene rings is 2. The van der Waals surface area contributed by atoms with E-state index in [9.17, 15) is 4.79 Å². The molecule has 0 saturated carbocycles. The maximum atomic E-state index is 13.9. The minimum atomic E-state index is -0.121. The summed E-state index contributed by atoms with van der Waals surface area (Å²) in [5.74, 6) is 0. The van der Waals surface area contributed by atoms with Crippen molar-refractivity contribution in [3.63, 3.8) is 0 Å². The minimum absolute atomic E-state index is 0.0447. The zero-order chi connectivity index (χ0) is 22.5. The molecular formula is C27H27N3OS2. The van der Waals surface area contributed by atoms with Gasteiger partial charge >= 0.3 is 6.03 Å². The summed E-state index contributed by atoms with van der Waals surface area (Å²) in [7, 11) is 0. The second kappa shape index (κ2) is 8.19. The van der Waals surface area contributed by atoms with Crippen molar-refractivity contribution in [2.24, 2.45) is 0 Å². The number of rotatable bonds is 2. The van der Waals surface area contributed by atoms with Crippen molar-refractivity contribution in [1.82, 2.24) is 9.47 Å². The Hall–Kier alpha value is -2.83. The van der Waals surface area contributed by atoms with Crippen molar-refractivity contribution in [2.45, 2.75) is 52.1 Å². The molecule has 0 fully saturated rings. The van der Waals surface area contributed by atoms with Gasteiger partial charge in [-0.1, -0.05) is 23.8 Å². The van der Waals surface area contributed by atoms with Crippen molar-refractivity contribution in [3.05, 3.63) is 91.7 Å². The molecule has 1 aliphatic carbocycles. The summed E-state index contributed by atoms with van der Waals surface area (Å²) in [4.78, 5) is 18.7. The van der Waals surface area contributed by atoms with Crippen molar-refractivity contribution in [3.8, 4) is 5.00 Å². The molecule has 6 rings (SSSR count). The third-order valence-electron chi connectivity index (χ3n) is 6.88. The van der Waals surface area contributed by atoms with Gasteiger partial charge in [-0.2, -0.15) is 0 Å². The number of aryl methyl sites for hydroxylation is 3. The maximum absolute atomic E-state index is 13.9. The van der Waals surface area contributed by atoms with Crippen LogP contribution in [0.1, 0.15) is 56.6 Å². The molecule has 4 heterocycles. The van der Waals surface area contributed by atoms with Gasteiger partial charge in [0.05, 0.1) is 12.2 Å². The Morgan fingerprint density at radius 1 is 1.06 bits per heavy atom. The number of nitrogens with one attached hydrogen (secondary N) is 1. The van der Waals surface area contributed by atoms with Gasteiger partial charge in [-0.15, -0.1) is 22.7 Å². The lowest BCUT2D eigenvalue weighted by molar-refractivity contribution is 0.195. The van der Waals surface area contributed by atoms with Gasteiger partial charge in [0.2, 0.25) is 0 Å². The van der Waals surface area contributed by atoms with Crippen LogP contribution in [0.5, 0.6) is 0 Å². The van der Waals surface area contributed by atoms with Gasteiger partial charge in [-0.25, -0.2) is 4.79 Å². The molecule has 0 saturated heterocycles. The molecule has 4 aromatic rings. The van der Waals surface area contributed by atoms with Gasteiger partial charge in [-0.3, -0.25) is 0 Å². The summed E-state index contributed by atoms with van der Waals surface area (Å²) in [6, 6.07) is 14.5. The number of benzene rings is 1. The summed E-state index contributed by atoms with van der Waals surface area (Å²) < 4.78 is 2.34. The largest absolute Gasteiger partial charge is 0.323 e. The van der Waals surface area contributed by atoms with Crippen LogP contribution in [-0.4, -0.2) is 15.5 Å². The molecule has 2 aliphatic rings. The van der Waals surface area contributed by atoms with Crippen LogP contribution in [0.4, 0.5) is 10.5 Å². The standard InChI is InChI=1S/C27H27N3OS2/c1-17-11-12-21(18(2)15-17)28-27(31)30-16-20-19-7-3-4-9-23(19)33-26(20)29-13-5-8-22(29)25(30)24-10-6-14-32-24/h5-6,8,10-15,25H,3-4,7,9,16H2,1-2H3,(H,28,31)/t25-/m0/s1. The third kappa shape index (κ3) is 3.52. The van der Waals surface area contributed by atoms with Crippen LogP contribution in [0.25, 0.3) is 5.00 Å². The quantitative estimate of drug-likeness (QED) is 0.327. The van der Waals surface area contributed by atoms with Crippen LogP contribution in [0.15, 0.2) is 54.0 Å². The van der Waals surface area contributed by atoms with Crippen LogP contribution < -0.4 is 5.32 Å². The smallest absolute Gasteiger partial charge is 0.310 e. The lowest BCUT2D eigenvalue weighted by Crippen LogP contribution is -2.38. The average molecular weight is 474 g/mol. The fraction of sp³-hybridized carbons (Fsp3) is 0.296. The van der Waals surface area contributed by atoms with Crippen molar-refractivity contribution >= 4 is 34.4 Å². The molecular weight excluding hydrogens is 446 g/mol. The molecule has 0 radical (unpaired) electrons. The topological polar surface area (TPSA) is 37.3 Å². The normalized spacial score (nSPS) is 17.2. The highest BCUT2D eigenvalue weighted by molar-refractivity contribution is 7.15. The summed E-state index contributed by atoms with van der Waals surface area (Å²) in [5.41, 5.74) is 7.14. The molecule has 2 amide bonds. The third-order valence-corrected chi connectivity index (χ3v) is 9.13. The average Bonchev–Trinajstić information content (AvgIpc) is 3.55. The fourth-order valence-electron chi connectivity index (χ4n) is 5.27. The highest BCUT2D eigenvalue weighted by Crippen LogP contribution is 2.44. The SMILES string of the molecule is Cc1ccc(NC(=O)N2Cc3c(sc4c3CCCC4)-n3cccc3[C@H]2c2cccs2)c(C)c1. The van der Waals surface area contributed by atoms with E-state index >= 15 is 0 Å². The number of hydrogen-bond acceptors (Lipinski definition) is 3. The van der Waals surface area contributed by atoms with E-state index in [1.54, 1.807) is 11.3 Å². The highest BCUT2D eigenvalue weighted by Gasteiger charge is 2.36. The Morgan fingerprint density at radius 3 is 2.76 bits per heavy atom. The second-order valence-corrected chi connectivity index (χ2v) is 11.2. The van der Waals surface area contributed by atoms with Crippen LogP contribution in [0.3, 0.4) is 0 Å². The summed E-state index contributed by atoms with van der Waals surface area (Å²) in [6.45, 7) is 4.76. The Bertz CT molecular complexity index is 1330. The lowest BCUT2D eigenvalue weighted by atomic mass is 9.95. The molecule has 33 heavy (non-hydrogen) atoms. The first-order chi connectivity index (χ1) is 16.1. The number of urea groups is 1. The molecule has 6 heteroatoms. The molecule has 1 N–H and O–H groups in total. The van der Waals surface area contributed by atoms with E-state index in [4.69, 9.17) is 0 Å². The second-order valence-electron chi connectivity index (χ2n) is 9.09. The van der Waals surface area contributed by atoms with Crippen LogP contribution in [0, 0.1) is 13.8 Å². The van der Waals surface area contributed by atoms with Gasteiger partial charge in [0.15, 0.2) is 0 Å². The van der Waals surface area contributed by atoms with Gasteiger partial charge in [0, 0.05) is 27.2 Å². The number of carbonyl (C=O) groups is 1. The first-order valence-electron chi connectivity index (χ1n) is 11.6. The van der Waals surface area contributed by atoms with Crippen molar-refractivity contribution in [1.29, 1.82) is 0 Å². The van der Waals surface area contributed by atoms with E-state index in [1.807, 2.05) is 22.3 Å². The van der Waals surface area contributed by atoms with Crippen LogP contribution >= 0.6 is 22.7 Å². The van der Waals surface area contributed by atoms with E-state index in [2.05, 4.69) is 71.7 Å². The molecule has 1 aromatic carbocycles. The fourth-order valence-corrected chi connectivity index (χ4v) is 7.53. The van der Waals surface area contributed by atoms with E-state index in [-0.39, 0.29) is 12.1 Å². The first-order valence-corrected chi connectivity index (χ1v) is 13.3. The van der Waals surface area contributed by atoms with E-state index in [0.717, 1.165) is 29.8 Å². The number of nitrogens with zero attached hydrogens (tertiary/aromatic N) is 2. The molecule has 0 bridgehead atoms. The number of hydrogen-bond donors (Lipinski definition) is 1. The predicted octanol–water partition coefficient (Wildman–Crippen LogP) is 7.23. The summed E-state index contributed by atoms with van der Waals surface area (Å²) >= 11 is 3.64. The number of aromatic nitrogens is 1. The van der Waals surface area contributed by atoms with Crippen molar-refractivity contribution in [2.75, 3.05) is 5.32 Å².